The summed E-state index contributed by atoms with van der Waals surface area (Å²) in [5.74, 6) is 0.820. The van der Waals surface area contributed by atoms with Crippen LogP contribution in [0, 0.1) is 0 Å². The summed E-state index contributed by atoms with van der Waals surface area (Å²) < 4.78 is 5.28. The van der Waals surface area contributed by atoms with E-state index in [4.69, 9.17) is 4.74 Å². The minimum absolute atomic E-state index is 0.0465. The van der Waals surface area contributed by atoms with Crippen LogP contribution in [0.15, 0.2) is 18.5 Å². The zero-order valence-corrected chi connectivity index (χ0v) is 13.1. The van der Waals surface area contributed by atoms with Gasteiger partial charge in [-0.15, -0.1) is 11.8 Å². The van der Waals surface area contributed by atoms with E-state index in [1.807, 2.05) is 6.92 Å². The minimum atomic E-state index is -0.460. The van der Waals surface area contributed by atoms with Gasteiger partial charge in [-0.2, -0.15) is 0 Å². The molecule has 1 aromatic rings. The molecule has 1 amide bonds. The average Bonchev–Trinajstić information content (AvgIpc) is 3.01. The lowest BCUT2D eigenvalue weighted by Gasteiger charge is -2.29. The molecule has 2 saturated heterocycles. The van der Waals surface area contributed by atoms with Crippen molar-refractivity contribution in [2.75, 3.05) is 24.2 Å². The van der Waals surface area contributed by atoms with Crippen LogP contribution < -0.4 is 5.32 Å². The number of thioether (sulfide) groups is 1. The Morgan fingerprint density at radius 1 is 1.55 bits per heavy atom. The molecule has 8 heteroatoms. The van der Waals surface area contributed by atoms with Gasteiger partial charge < -0.3 is 15.0 Å². The van der Waals surface area contributed by atoms with Gasteiger partial charge >= 0.3 is 5.97 Å². The van der Waals surface area contributed by atoms with Crippen molar-refractivity contribution < 1.29 is 14.3 Å². The zero-order valence-electron chi connectivity index (χ0n) is 12.3. The van der Waals surface area contributed by atoms with E-state index in [0.29, 0.717) is 24.7 Å². The second-order valence-corrected chi connectivity index (χ2v) is 6.93. The van der Waals surface area contributed by atoms with Crippen LogP contribution in [0.4, 0.5) is 5.95 Å². The highest BCUT2D eigenvalue weighted by Gasteiger charge is 2.53. The van der Waals surface area contributed by atoms with E-state index in [-0.39, 0.29) is 23.4 Å². The molecule has 118 valence electrons. The Bertz CT molecular complexity index is 570. The van der Waals surface area contributed by atoms with Crippen LogP contribution in [0.5, 0.6) is 0 Å². The summed E-state index contributed by atoms with van der Waals surface area (Å²) in [6.07, 6.45) is 4.58. The fourth-order valence-corrected chi connectivity index (χ4v) is 4.21. The number of aromatic nitrogens is 2. The lowest BCUT2D eigenvalue weighted by atomic mass is 10.2. The smallest absolute Gasteiger partial charge is 0.329 e. The van der Waals surface area contributed by atoms with Gasteiger partial charge in [-0.3, -0.25) is 4.79 Å². The molecule has 1 N–H and O–H groups in total. The minimum Gasteiger partial charge on any atom is -0.462 e. The molecule has 3 heterocycles. The highest BCUT2D eigenvalue weighted by molar-refractivity contribution is 8.01. The van der Waals surface area contributed by atoms with E-state index < -0.39 is 6.04 Å². The maximum atomic E-state index is 12.2. The molecule has 7 nitrogen and oxygen atoms in total. The van der Waals surface area contributed by atoms with Crippen LogP contribution in [0.1, 0.15) is 19.8 Å². The number of amides is 1. The average molecular weight is 322 g/mol. The number of ether oxygens (including phenoxy) is 1. The van der Waals surface area contributed by atoms with E-state index in [1.165, 1.54) is 0 Å². The topological polar surface area (TPSA) is 84.4 Å². The Morgan fingerprint density at radius 3 is 3.09 bits per heavy atom. The predicted octanol–water partition coefficient (Wildman–Crippen LogP) is 0.886. The van der Waals surface area contributed by atoms with Crippen molar-refractivity contribution >= 4 is 29.6 Å². The van der Waals surface area contributed by atoms with Crippen LogP contribution in [0.2, 0.25) is 0 Å². The fourth-order valence-electron chi connectivity index (χ4n) is 2.80. The van der Waals surface area contributed by atoms with Crippen molar-refractivity contribution in [3.63, 3.8) is 0 Å². The number of anilines is 1. The first kappa shape index (κ1) is 15.1. The highest BCUT2D eigenvalue weighted by atomic mass is 32.2. The van der Waals surface area contributed by atoms with Gasteiger partial charge in [0.25, 0.3) is 0 Å². The molecule has 0 aromatic carbocycles. The Hall–Kier alpha value is -1.83. The normalized spacial score (nSPS) is 26.9. The van der Waals surface area contributed by atoms with E-state index in [9.17, 15) is 9.59 Å². The van der Waals surface area contributed by atoms with Gasteiger partial charge in [-0.25, -0.2) is 14.8 Å². The van der Waals surface area contributed by atoms with E-state index in [1.54, 1.807) is 35.1 Å². The lowest BCUT2D eigenvalue weighted by Crippen LogP contribution is -2.46. The third-order valence-corrected chi connectivity index (χ3v) is 5.42. The number of carbonyl (C=O) groups excluding carboxylic acids is 2. The van der Waals surface area contributed by atoms with E-state index >= 15 is 0 Å². The number of esters is 1. The van der Waals surface area contributed by atoms with Crippen molar-refractivity contribution in [3.8, 4) is 0 Å². The van der Waals surface area contributed by atoms with Crippen LogP contribution in [0.25, 0.3) is 0 Å². The second kappa shape index (κ2) is 6.12. The van der Waals surface area contributed by atoms with Gasteiger partial charge in [0, 0.05) is 24.6 Å². The Balaban J connectivity index is 1.47. The van der Waals surface area contributed by atoms with E-state index in [0.717, 1.165) is 6.42 Å². The standard InChI is InChI=1S/C14H18N4O3S/c1-14-4-3-11(19)18(14)10(9-22-14)12(20)21-8-7-17-13-15-5-2-6-16-13/h2,5-6,10H,3-4,7-9H2,1H3,(H,15,16,17)/t10-,14+/m1/s1. The van der Waals surface area contributed by atoms with Crippen molar-refractivity contribution in [3.05, 3.63) is 18.5 Å². The zero-order chi connectivity index (χ0) is 15.6. The number of nitrogens with zero attached hydrogens (tertiary/aromatic N) is 3. The molecule has 1 aromatic heterocycles. The van der Waals surface area contributed by atoms with Crippen LogP contribution >= 0.6 is 11.8 Å². The summed E-state index contributed by atoms with van der Waals surface area (Å²) in [6, 6.07) is 1.27. The number of nitrogens with one attached hydrogen (secondary N) is 1. The Labute approximate surface area is 132 Å². The molecular weight excluding hydrogens is 304 g/mol. The SMILES string of the molecule is C[C@]12CCC(=O)N1[C@@H](C(=O)OCCNc1ncccn1)CS2. The van der Waals surface area contributed by atoms with Crippen molar-refractivity contribution in [1.29, 1.82) is 0 Å². The monoisotopic (exact) mass is 322 g/mol. The van der Waals surface area contributed by atoms with Gasteiger partial charge in [0.15, 0.2) is 0 Å². The summed E-state index contributed by atoms with van der Waals surface area (Å²) in [5, 5.41) is 2.97. The number of fused-ring (bicyclic) bond motifs is 1. The first-order chi connectivity index (χ1) is 10.6. The van der Waals surface area contributed by atoms with Crippen LogP contribution in [0.3, 0.4) is 0 Å². The Morgan fingerprint density at radius 2 is 2.32 bits per heavy atom. The first-order valence-corrected chi connectivity index (χ1v) is 8.22. The number of carbonyl (C=O) groups is 2. The molecule has 3 rings (SSSR count). The number of hydrogen-bond acceptors (Lipinski definition) is 7. The van der Waals surface area contributed by atoms with Crippen molar-refractivity contribution in [2.24, 2.45) is 0 Å². The van der Waals surface area contributed by atoms with Gasteiger partial charge in [0.1, 0.15) is 12.6 Å². The molecule has 0 unspecified atom stereocenters. The fraction of sp³-hybridized carbons (Fsp3) is 0.571. The maximum absolute atomic E-state index is 12.2. The molecule has 2 aliphatic heterocycles. The molecule has 22 heavy (non-hydrogen) atoms. The summed E-state index contributed by atoms with van der Waals surface area (Å²) in [6.45, 7) is 2.67. The van der Waals surface area contributed by atoms with E-state index in [2.05, 4.69) is 15.3 Å². The largest absolute Gasteiger partial charge is 0.462 e. The van der Waals surface area contributed by atoms with Gasteiger partial charge in [-0.1, -0.05) is 0 Å². The van der Waals surface area contributed by atoms with Crippen LogP contribution in [-0.2, 0) is 14.3 Å². The third kappa shape index (κ3) is 2.87. The predicted molar refractivity (Wildman–Crippen MR) is 82.2 cm³/mol. The molecule has 0 spiro atoms. The molecule has 0 bridgehead atoms. The highest BCUT2D eigenvalue weighted by Crippen LogP contribution is 2.47. The van der Waals surface area contributed by atoms with Gasteiger partial charge in [0.05, 0.1) is 11.4 Å². The van der Waals surface area contributed by atoms with Crippen LogP contribution in [-0.4, -0.2) is 56.6 Å². The summed E-state index contributed by atoms with van der Waals surface area (Å²) in [5.41, 5.74) is 0. The van der Waals surface area contributed by atoms with Crippen molar-refractivity contribution in [2.45, 2.75) is 30.7 Å². The molecule has 0 radical (unpaired) electrons. The Kier molecular flexibility index (Phi) is 4.19. The summed E-state index contributed by atoms with van der Waals surface area (Å²) in [7, 11) is 0. The summed E-state index contributed by atoms with van der Waals surface area (Å²) in [4.78, 5) is 33.7. The van der Waals surface area contributed by atoms with Crippen molar-refractivity contribution in [1.82, 2.24) is 14.9 Å². The van der Waals surface area contributed by atoms with Gasteiger partial charge in [-0.05, 0) is 19.4 Å². The molecular formula is C14H18N4O3S. The molecule has 2 atom stereocenters. The molecule has 0 saturated carbocycles. The maximum Gasteiger partial charge on any atom is 0.329 e. The quantitative estimate of drug-likeness (QED) is 0.636. The number of rotatable bonds is 5. The first-order valence-electron chi connectivity index (χ1n) is 7.24. The van der Waals surface area contributed by atoms with Gasteiger partial charge in [0.2, 0.25) is 11.9 Å². The third-order valence-electron chi connectivity index (χ3n) is 3.91. The molecule has 2 aliphatic rings. The second-order valence-electron chi connectivity index (χ2n) is 5.43. The summed E-state index contributed by atoms with van der Waals surface area (Å²) >= 11 is 1.66. The lowest BCUT2D eigenvalue weighted by molar-refractivity contribution is -0.153. The molecule has 2 fully saturated rings. The number of hydrogen-bond donors (Lipinski definition) is 1. The molecule has 0 aliphatic carbocycles.